The highest BCUT2D eigenvalue weighted by Gasteiger charge is 2.32. The summed E-state index contributed by atoms with van der Waals surface area (Å²) in [5.41, 5.74) is 0.157. The molecule has 0 radical (unpaired) electrons. The molecule has 0 amide bonds. The Kier molecular flexibility index (Phi) is 5.14. The molecule has 1 aromatic carbocycles. The van der Waals surface area contributed by atoms with E-state index in [9.17, 15) is 9.90 Å². The predicted molar refractivity (Wildman–Crippen MR) is 86.7 cm³/mol. The highest BCUT2D eigenvalue weighted by Crippen LogP contribution is 2.23. The Labute approximate surface area is 131 Å². The molecule has 0 saturated heterocycles. The first-order valence-electron chi connectivity index (χ1n) is 7.66. The number of hydrogen-bond donors (Lipinski definition) is 1. The largest absolute Gasteiger partial charge is 0.467 e. The number of carbonyl (C=O) groups is 1. The first-order chi connectivity index (χ1) is 10.5. The second-order valence-electron chi connectivity index (χ2n) is 5.83. The van der Waals surface area contributed by atoms with Gasteiger partial charge in [-0.3, -0.25) is 4.98 Å². The van der Waals surface area contributed by atoms with Gasteiger partial charge in [0.1, 0.15) is 0 Å². The highest BCUT2D eigenvalue weighted by molar-refractivity contribution is 5.86. The van der Waals surface area contributed by atoms with Gasteiger partial charge in [-0.15, -0.1) is 0 Å². The number of fused-ring (bicyclic) bond motifs is 1. The van der Waals surface area contributed by atoms with E-state index < -0.39 is 11.6 Å². The minimum Gasteiger partial charge on any atom is -0.467 e. The molecule has 0 bridgehead atoms. The Bertz CT molecular complexity index is 664. The molecule has 1 unspecified atom stereocenters. The molecule has 22 heavy (non-hydrogen) atoms. The molecule has 4 nitrogen and oxygen atoms in total. The van der Waals surface area contributed by atoms with E-state index in [4.69, 9.17) is 0 Å². The zero-order valence-electron chi connectivity index (χ0n) is 13.4. The van der Waals surface area contributed by atoms with Gasteiger partial charge in [-0.25, -0.2) is 4.79 Å². The lowest BCUT2D eigenvalue weighted by Crippen LogP contribution is -2.38. The second kappa shape index (κ2) is 6.88. The van der Waals surface area contributed by atoms with Crippen LogP contribution in [0.25, 0.3) is 10.8 Å². The molecule has 0 fully saturated rings. The smallest absolute Gasteiger partial charge is 0.337 e. The Morgan fingerprint density at radius 3 is 2.77 bits per heavy atom. The molecular weight excluding hydrogens is 278 g/mol. The van der Waals surface area contributed by atoms with E-state index in [0.29, 0.717) is 0 Å². The molecule has 118 valence electrons. The van der Waals surface area contributed by atoms with E-state index in [2.05, 4.69) is 22.7 Å². The number of ether oxygens (including phenoxy) is 1. The summed E-state index contributed by atoms with van der Waals surface area (Å²) in [6, 6.07) is 10.00. The SMILES string of the molecule is CCCCc1cc2ccccc2c(CC(C)(O)C(=O)OC)n1. The van der Waals surface area contributed by atoms with Gasteiger partial charge in [0.25, 0.3) is 0 Å². The van der Waals surface area contributed by atoms with E-state index in [0.717, 1.165) is 41.4 Å². The molecule has 0 aliphatic carbocycles. The van der Waals surface area contributed by atoms with Gasteiger partial charge in [-0.2, -0.15) is 0 Å². The number of aryl methyl sites for hydroxylation is 1. The number of unbranched alkanes of at least 4 members (excludes halogenated alkanes) is 1. The molecule has 1 aromatic heterocycles. The fourth-order valence-corrected chi connectivity index (χ4v) is 2.57. The number of aromatic nitrogens is 1. The molecule has 0 aliphatic rings. The summed E-state index contributed by atoms with van der Waals surface area (Å²) in [6.07, 6.45) is 3.21. The third-order valence-corrected chi connectivity index (χ3v) is 3.80. The average Bonchev–Trinajstić information content (AvgIpc) is 2.51. The van der Waals surface area contributed by atoms with Crippen molar-refractivity contribution >= 4 is 16.7 Å². The second-order valence-corrected chi connectivity index (χ2v) is 5.83. The molecule has 2 rings (SSSR count). The molecule has 1 atom stereocenters. The van der Waals surface area contributed by atoms with Crippen molar-refractivity contribution in [1.29, 1.82) is 0 Å². The van der Waals surface area contributed by atoms with Crippen LogP contribution in [0, 0.1) is 0 Å². The van der Waals surface area contributed by atoms with Gasteiger partial charge < -0.3 is 9.84 Å². The number of pyridine rings is 1. The molecular formula is C18H23NO3. The summed E-state index contributed by atoms with van der Waals surface area (Å²) in [5, 5.41) is 12.4. The average molecular weight is 301 g/mol. The van der Waals surface area contributed by atoms with Gasteiger partial charge in [0.2, 0.25) is 0 Å². The monoisotopic (exact) mass is 301 g/mol. The van der Waals surface area contributed by atoms with E-state index in [1.807, 2.05) is 24.3 Å². The van der Waals surface area contributed by atoms with Crippen LogP contribution in [-0.4, -0.2) is 28.8 Å². The number of hydrogen-bond acceptors (Lipinski definition) is 4. The Morgan fingerprint density at radius 1 is 1.36 bits per heavy atom. The molecule has 1 heterocycles. The normalized spacial score (nSPS) is 13.8. The van der Waals surface area contributed by atoms with Crippen LogP contribution < -0.4 is 0 Å². The summed E-state index contributed by atoms with van der Waals surface area (Å²) < 4.78 is 4.68. The lowest BCUT2D eigenvalue weighted by molar-refractivity contribution is -0.160. The summed E-state index contributed by atoms with van der Waals surface area (Å²) >= 11 is 0. The van der Waals surface area contributed by atoms with Crippen molar-refractivity contribution in [3.8, 4) is 0 Å². The van der Waals surface area contributed by atoms with Crippen LogP contribution in [-0.2, 0) is 22.4 Å². The van der Waals surface area contributed by atoms with Gasteiger partial charge in [0, 0.05) is 17.5 Å². The third kappa shape index (κ3) is 3.63. The Balaban J connectivity index is 2.44. The molecule has 0 spiro atoms. The molecule has 4 heteroatoms. The van der Waals surface area contributed by atoms with Crippen LogP contribution in [0.2, 0.25) is 0 Å². The molecule has 1 N–H and O–H groups in total. The maximum Gasteiger partial charge on any atom is 0.337 e. The number of esters is 1. The van der Waals surface area contributed by atoms with Crippen LogP contribution in [0.1, 0.15) is 38.1 Å². The minimum absolute atomic E-state index is 0.139. The fraction of sp³-hybridized carbons (Fsp3) is 0.444. The van der Waals surface area contributed by atoms with E-state index in [1.165, 1.54) is 14.0 Å². The van der Waals surface area contributed by atoms with Crippen molar-refractivity contribution < 1.29 is 14.6 Å². The van der Waals surface area contributed by atoms with Crippen molar-refractivity contribution in [3.63, 3.8) is 0 Å². The number of nitrogens with zero attached hydrogens (tertiary/aromatic N) is 1. The number of carbonyl (C=O) groups excluding carboxylic acids is 1. The first-order valence-corrected chi connectivity index (χ1v) is 7.66. The lowest BCUT2D eigenvalue weighted by atomic mass is 9.96. The van der Waals surface area contributed by atoms with Gasteiger partial charge >= 0.3 is 5.97 Å². The summed E-state index contributed by atoms with van der Waals surface area (Å²) in [4.78, 5) is 16.4. The zero-order chi connectivity index (χ0) is 16.2. The topological polar surface area (TPSA) is 59.4 Å². The maximum atomic E-state index is 11.7. The predicted octanol–water partition coefficient (Wildman–Crippen LogP) is 3.04. The van der Waals surface area contributed by atoms with Crippen molar-refractivity contribution in [2.75, 3.05) is 7.11 Å². The maximum absolute atomic E-state index is 11.7. The summed E-state index contributed by atoms with van der Waals surface area (Å²) in [7, 11) is 1.28. The van der Waals surface area contributed by atoms with Gasteiger partial charge in [-0.05, 0) is 31.2 Å². The molecule has 0 aliphatic heterocycles. The van der Waals surface area contributed by atoms with Crippen LogP contribution in [0.5, 0.6) is 0 Å². The highest BCUT2D eigenvalue weighted by atomic mass is 16.5. The minimum atomic E-state index is -1.58. The van der Waals surface area contributed by atoms with E-state index in [1.54, 1.807) is 0 Å². The van der Waals surface area contributed by atoms with Crippen LogP contribution >= 0.6 is 0 Å². The van der Waals surface area contributed by atoms with Crippen LogP contribution in [0.3, 0.4) is 0 Å². The zero-order valence-corrected chi connectivity index (χ0v) is 13.4. The van der Waals surface area contributed by atoms with Crippen LogP contribution in [0.15, 0.2) is 30.3 Å². The van der Waals surface area contributed by atoms with Crippen molar-refractivity contribution in [1.82, 2.24) is 4.98 Å². The summed E-state index contributed by atoms with van der Waals surface area (Å²) in [6.45, 7) is 3.61. The van der Waals surface area contributed by atoms with Crippen molar-refractivity contribution in [2.24, 2.45) is 0 Å². The first kappa shape index (κ1) is 16.4. The van der Waals surface area contributed by atoms with Gasteiger partial charge in [0.15, 0.2) is 5.60 Å². The summed E-state index contributed by atoms with van der Waals surface area (Å²) in [5.74, 6) is -0.641. The Hall–Kier alpha value is -1.94. The third-order valence-electron chi connectivity index (χ3n) is 3.80. The molecule has 0 saturated carbocycles. The number of benzene rings is 1. The number of aliphatic hydroxyl groups is 1. The molecule has 2 aromatic rings. The fourth-order valence-electron chi connectivity index (χ4n) is 2.57. The standard InChI is InChI=1S/C18H23NO3/c1-4-5-9-14-11-13-8-6-7-10-15(13)16(19-14)12-18(2,21)17(20)22-3/h6-8,10-11,21H,4-5,9,12H2,1-3H3. The van der Waals surface area contributed by atoms with Gasteiger partial charge in [0.05, 0.1) is 12.8 Å². The van der Waals surface area contributed by atoms with Gasteiger partial charge in [-0.1, -0.05) is 37.6 Å². The van der Waals surface area contributed by atoms with E-state index in [-0.39, 0.29) is 6.42 Å². The van der Waals surface area contributed by atoms with Crippen molar-refractivity contribution in [2.45, 2.75) is 45.1 Å². The number of methoxy groups -OCH3 is 1. The number of rotatable bonds is 6. The van der Waals surface area contributed by atoms with Crippen LogP contribution in [0.4, 0.5) is 0 Å². The quantitative estimate of drug-likeness (QED) is 0.833. The lowest BCUT2D eigenvalue weighted by Gasteiger charge is -2.21. The Morgan fingerprint density at radius 2 is 2.09 bits per heavy atom. The van der Waals surface area contributed by atoms with E-state index >= 15 is 0 Å². The van der Waals surface area contributed by atoms with Crippen molar-refractivity contribution in [3.05, 3.63) is 41.7 Å².